The Kier molecular flexibility index (Phi) is 4.70. The molecule has 0 aromatic heterocycles. The molecule has 0 aliphatic carbocycles. The first-order chi connectivity index (χ1) is 7.69. The molecule has 0 saturated heterocycles. The van der Waals surface area contributed by atoms with Crippen molar-refractivity contribution in [1.29, 1.82) is 0 Å². The Bertz CT molecular complexity index is 385. The molecule has 0 heterocycles. The van der Waals surface area contributed by atoms with Gasteiger partial charge in [-0.05, 0) is 24.0 Å². The molecular formula is C13H17NO2. The Hall–Kier alpha value is -1.64. The van der Waals surface area contributed by atoms with E-state index in [2.05, 4.69) is 11.9 Å². The zero-order valence-corrected chi connectivity index (χ0v) is 9.68. The molecule has 16 heavy (non-hydrogen) atoms. The molecule has 0 radical (unpaired) electrons. The minimum Gasteiger partial charge on any atom is -0.480 e. The van der Waals surface area contributed by atoms with Gasteiger partial charge in [-0.15, -0.1) is 0 Å². The zero-order chi connectivity index (χ0) is 12.0. The van der Waals surface area contributed by atoms with E-state index in [1.54, 1.807) is 6.21 Å². The molecule has 0 fully saturated rings. The first-order valence-electron chi connectivity index (χ1n) is 5.52. The van der Waals surface area contributed by atoms with E-state index in [1.807, 2.05) is 31.2 Å². The summed E-state index contributed by atoms with van der Waals surface area (Å²) < 4.78 is 0. The summed E-state index contributed by atoms with van der Waals surface area (Å²) in [4.78, 5) is 14.9. The van der Waals surface area contributed by atoms with E-state index in [0.29, 0.717) is 6.42 Å². The summed E-state index contributed by atoms with van der Waals surface area (Å²) in [5, 5.41) is 8.86. The highest BCUT2D eigenvalue weighted by Crippen LogP contribution is 2.07. The molecule has 1 unspecified atom stereocenters. The van der Waals surface area contributed by atoms with Crippen molar-refractivity contribution >= 4 is 12.2 Å². The van der Waals surface area contributed by atoms with Crippen LogP contribution in [0.5, 0.6) is 0 Å². The average Bonchev–Trinajstić information content (AvgIpc) is 2.30. The maximum absolute atomic E-state index is 10.8. The van der Waals surface area contributed by atoms with Crippen molar-refractivity contribution in [2.75, 3.05) is 0 Å². The van der Waals surface area contributed by atoms with Gasteiger partial charge in [0.25, 0.3) is 0 Å². The Labute approximate surface area is 95.8 Å². The van der Waals surface area contributed by atoms with E-state index in [4.69, 9.17) is 5.11 Å². The van der Waals surface area contributed by atoms with Gasteiger partial charge in [0, 0.05) is 6.21 Å². The first-order valence-corrected chi connectivity index (χ1v) is 5.52. The van der Waals surface area contributed by atoms with Crippen molar-refractivity contribution in [3.63, 3.8) is 0 Å². The maximum atomic E-state index is 10.8. The van der Waals surface area contributed by atoms with E-state index in [9.17, 15) is 4.79 Å². The van der Waals surface area contributed by atoms with Gasteiger partial charge >= 0.3 is 5.97 Å². The number of hydrogen-bond donors (Lipinski definition) is 1. The standard InChI is InChI=1S/C13H17NO2/c1-3-10-7-5-6-8-11(10)9-14-12(4-2)13(15)16/h5-9,12H,3-4H2,1-2H3,(H,15,16). The predicted octanol–water partition coefficient (Wildman–Crippen LogP) is 2.53. The molecule has 3 nitrogen and oxygen atoms in total. The number of benzene rings is 1. The predicted molar refractivity (Wildman–Crippen MR) is 65.1 cm³/mol. The monoisotopic (exact) mass is 219 g/mol. The molecule has 0 aliphatic heterocycles. The van der Waals surface area contributed by atoms with Gasteiger partial charge in [-0.1, -0.05) is 38.1 Å². The highest BCUT2D eigenvalue weighted by atomic mass is 16.4. The first kappa shape index (κ1) is 12.4. The van der Waals surface area contributed by atoms with Crippen molar-refractivity contribution in [2.24, 2.45) is 4.99 Å². The summed E-state index contributed by atoms with van der Waals surface area (Å²) in [6.07, 6.45) is 3.10. The number of carbonyl (C=O) groups is 1. The molecule has 0 bridgehead atoms. The van der Waals surface area contributed by atoms with E-state index >= 15 is 0 Å². The van der Waals surface area contributed by atoms with Crippen molar-refractivity contribution in [3.8, 4) is 0 Å². The SMILES string of the molecule is CCc1ccccc1C=NC(CC)C(=O)O. The van der Waals surface area contributed by atoms with Crippen LogP contribution in [0.2, 0.25) is 0 Å². The fourth-order valence-corrected chi connectivity index (χ4v) is 1.50. The smallest absolute Gasteiger partial charge is 0.328 e. The lowest BCUT2D eigenvalue weighted by Crippen LogP contribution is -2.16. The third kappa shape index (κ3) is 3.19. The van der Waals surface area contributed by atoms with E-state index in [-0.39, 0.29) is 0 Å². The lowest BCUT2D eigenvalue weighted by atomic mass is 10.1. The Balaban J connectivity index is 2.86. The molecular weight excluding hydrogens is 202 g/mol. The molecule has 0 amide bonds. The third-order valence-corrected chi connectivity index (χ3v) is 2.50. The second-order valence-electron chi connectivity index (χ2n) is 3.59. The second-order valence-corrected chi connectivity index (χ2v) is 3.59. The van der Waals surface area contributed by atoms with E-state index in [0.717, 1.165) is 12.0 Å². The van der Waals surface area contributed by atoms with Crippen LogP contribution in [0.15, 0.2) is 29.3 Å². The number of carboxylic acids is 1. The molecule has 0 aliphatic rings. The van der Waals surface area contributed by atoms with Crippen LogP contribution in [0.3, 0.4) is 0 Å². The minimum absolute atomic E-state index is 0.514. The highest BCUT2D eigenvalue weighted by molar-refractivity contribution is 5.84. The van der Waals surface area contributed by atoms with Crippen molar-refractivity contribution in [1.82, 2.24) is 0 Å². The molecule has 1 aromatic rings. The van der Waals surface area contributed by atoms with Crippen molar-refractivity contribution in [2.45, 2.75) is 32.7 Å². The molecule has 86 valence electrons. The molecule has 1 atom stereocenters. The Morgan fingerprint density at radius 3 is 2.69 bits per heavy atom. The number of aryl methyl sites for hydroxylation is 1. The van der Waals surface area contributed by atoms with Crippen molar-refractivity contribution in [3.05, 3.63) is 35.4 Å². The number of carboxylic acid groups (broad SMARTS) is 1. The van der Waals surface area contributed by atoms with Gasteiger partial charge in [0.1, 0.15) is 6.04 Å². The molecule has 3 heteroatoms. The van der Waals surface area contributed by atoms with Gasteiger partial charge in [0.15, 0.2) is 0 Å². The quantitative estimate of drug-likeness (QED) is 0.773. The van der Waals surface area contributed by atoms with Crippen LogP contribution in [-0.4, -0.2) is 23.3 Å². The van der Waals surface area contributed by atoms with Gasteiger partial charge in [0.2, 0.25) is 0 Å². The summed E-state index contributed by atoms with van der Waals surface area (Å²) in [6.45, 7) is 3.89. The number of hydrogen-bond acceptors (Lipinski definition) is 2. The van der Waals surface area contributed by atoms with E-state index in [1.165, 1.54) is 5.56 Å². The number of rotatable bonds is 5. The fraction of sp³-hybridized carbons (Fsp3) is 0.385. The summed E-state index contributed by atoms with van der Waals surface area (Å²) in [6, 6.07) is 7.26. The highest BCUT2D eigenvalue weighted by Gasteiger charge is 2.11. The Morgan fingerprint density at radius 2 is 2.12 bits per heavy atom. The third-order valence-electron chi connectivity index (χ3n) is 2.50. The van der Waals surface area contributed by atoms with Gasteiger partial charge in [0.05, 0.1) is 0 Å². The van der Waals surface area contributed by atoms with Crippen LogP contribution in [0.1, 0.15) is 31.4 Å². The summed E-state index contributed by atoms with van der Waals surface area (Å²) >= 11 is 0. The molecule has 1 rings (SSSR count). The largest absolute Gasteiger partial charge is 0.480 e. The normalized spacial score (nSPS) is 12.9. The fourth-order valence-electron chi connectivity index (χ4n) is 1.50. The van der Waals surface area contributed by atoms with Gasteiger partial charge < -0.3 is 5.11 Å². The van der Waals surface area contributed by atoms with Gasteiger partial charge in [-0.3, -0.25) is 4.99 Å². The van der Waals surface area contributed by atoms with Crippen LogP contribution >= 0.6 is 0 Å². The van der Waals surface area contributed by atoms with Gasteiger partial charge in [-0.2, -0.15) is 0 Å². The van der Waals surface area contributed by atoms with Crippen LogP contribution in [0.25, 0.3) is 0 Å². The minimum atomic E-state index is -0.868. The average molecular weight is 219 g/mol. The summed E-state index contributed by atoms with van der Waals surface area (Å²) in [5.41, 5.74) is 2.19. The summed E-state index contributed by atoms with van der Waals surface area (Å²) in [7, 11) is 0. The Morgan fingerprint density at radius 1 is 1.44 bits per heavy atom. The van der Waals surface area contributed by atoms with Gasteiger partial charge in [-0.25, -0.2) is 4.79 Å². The van der Waals surface area contributed by atoms with Crippen molar-refractivity contribution < 1.29 is 9.90 Å². The maximum Gasteiger partial charge on any atom is 0.328 e. The van der Waals surface area contributed by atoms with E-state index < -0.39 is 12.0 Å². The molecule has 0 spiro atoms. The number of nitrogens with zero attached hydrogens (tertiary/aromatic N) is 1. The lowest BCUT2D eigenvalue weighted by Gasteiger charge is -2.05. The second kappa shape index (κ2) is 6.05. The van der Waals surface area contributed by atoms with Crippen LogP contribution in [-0.2, 0) is 11.2 Å². The number of aliphatic carboxylic acids is 1. The molecule has 1 aromatic carbocycles. The zero-order valence-electron chi connectivity index (χ0n) is 9.68. The topological polar surface area (TPSA) is 49.7 Å². The summed E-state index contributed by atoms with van der Waals surface area (Å²) in [5.74, 6) is -0.868. The molecule has 0 saturated carbocycles. The van der Waals surface area contributed by atoms with Crippen LogP contribution in [0, 0.1) is 0 Å². The molecule has 1 N–H and O–H groups in total. The van der Waals surface area contributed by atoms with Crippen LogP contribution < -0.4 is 0 Å². The van der Waals surface area contributed by atoms with Crippen LogP contribution in [0.4, 0.5) is 0 Å². The lowest BCUT2D eigenvalue weighted by molar-refractivity contribution is -0.138. The number of aliphatic imine (C=N–C) groups is 1.